The molecule has 1 saturated heterocycles. The van der Waals surface area contributed by atoms with Crippen molar-refractivity contribution >= 4 is 18.0 Å². The highest BCUT2D eigenvalue weighted by atomic mass is 16.5. The molecule has 2 fully saturated rings. The Hall–Kier alpha value is -3.39. The molecule has 1 heterocycles. The smallest absolute Gasteiger partial charge is 0.407 e. The van der Waals surface area contributed by atoms with Crippen LogP contribution in [0.4, 0.5) is 4.79 Å². The Bertz CT molecular complexity index is 1120. The fourth-order valence-corrected chi connectivity index (χ4v) is 5.82. The predicted octanol–water partition coefficient (Wildman–Crippen LogP) is 3.39. The van der Waals surface area contributed by atoms with Crippen molar-refractivity contribution in [3.8, 4) is 11.1 Å². The number of carbonyl (C=O) groups is 3. The number of nitrogens with one attached hydrogen (secondary N) is 1. The largest absolute Gasteiger partial charge is 0.479 e. The van der Waals surface area contributed by atoms with Crippen LogP contribution in [0.2, 0.25) is 0 Å². The van der Waals surface area contributed by atoms with Gasteiger partial charge in [-0.1, -0.05) is 48.5 Å². The van der Waals surface area contributed by atoms with E-state index in [0.717, 1.165) is 35.1 Å². The second-order valence-corrected chi connectivity index (χ2v) is 9.65. The van der Waals surface area contributed by atoms with Gasteiger partial charge in [-0.25, -0.2) is 9.59 Å². The number of alkyl carbamates (subject to hydrolysis) is 1. The summed E-state index contributed by atoms with van der Waals surface area (Å²) in [6.45, 7) is 2.14. The molecule has 35 heavy (non-hydrogen) atoms. The summed E-state index contributed by atoms with van der Waals surface area (Å²) < 4.78 is 11.0. The van der Waals surface area contributed by atoms with E-state index < -0.39 is 35.7 Å². The van der Waals surface area contributed by atoms with E-state index >= 15 is 0 Å². The molecule has 4 unspecified atom stereocenters. The van der Waals surface area contributed by atoms with Gasteiger partial charge in [0.05, 0.1) is 6.10 Å². The van der Waals surface area contributed by atoms with E-state index in [0.29, 0.717) is 13.0 Å². The van der Waals surface area contributed by atoms with Crippen LogP contribution in [0.5, 0.6) is 0 Å². The molecule has 5 rings (SSSR count). The van der Waals surface area contributed by atoms with Crippen molar-refractivity contribution in [3.05, 3.63) is 59.7 Å². The summed E-state index contributed by atoms with van der Waals surface area (Å²) in [7, 11) is 1.45. The van der Waals surface area contributed by atoms with Crippen LogP contribution in [0.15, 0.2) is 48.5 Å². The number of carbonyl (C=O) groups excluding carboxylic acids is 2. The van der Waals surface area contributed by atoms with E-state index in [4.69, 9.17) is 9.47 Å². The molecule has 1 saturated carbocycles. The van der Waals surface area contributed by atoms with Crippen LogP contribution in [0.3, 0.4) is 0 Å². The van der Waals surface area contributed by atoms with E-state index in [9.17, 15) is 19.5 Å². The van der Waals surface area contributed by atoms with Gasteiger partial charge < -0.3 is 24.8 Å². The second-order valence-electron chi connectivity index (χ2n) is 9.65. The third-order valence-electron chi connectivity index (χ3n) is 7.85. The van der Waals surface area contributed by atoms with Gasteiger partial charge in [-0.05, 0) is 54.4 Å². The Morgan fingerprint density at radius 1 is 1.11 bits per heavy atom. The predicted molar refractivity (Wildman–Crippen MR) is 128 cm³/mol. The van der Waals surface area contributed by atoms with E-state index in [1.165, 1.54) is 12.0 Å². The molecule has 0 aromatic heterocycles. The zero-order valence-electron chi connectivity index (χ0n) is 19.9. The molecule has 8 heteroatoms. The van der Waals surface area contributed by atoms with Crippen molar-refractivity contribution in [1.29, 1.82) is 0 Å². The summed E-state index contributed by atoms with van der Waals surface area (Å²) in [5.74, 6) is -1.57. The van der Waals surface area contributed by atoms with Crippen LogP contribution < -0.4 is 5.32 Å². The summed E-state index contributed by atoms with van der Waals surface area (Å²) >= 11 is 0. The van der Waals surface area contributed by atoms with Gasteiger partial charge in [-0.2, -0.15) is 0 Å². The lowest BCUT2D eigenvalue weighted by Crippen LogP contribution is -2.60. The molecular weight excluding hydrogens is 448 g/mol. The first-order valence-corrected chi connectivity index (χ1v) is 12.1. The summed E-state index contributed by atoms with van der Waals surface area (Å²) in [5.41, 5.74) is 3.28. The van der Waals surface area contributed by atoms with Gasteiger partial charge in [0.2, 0.25) is 5.91 Å². The van der Waals surface area contributed by atoms with Crippen molar-refractivity contribution < 1.29 is 29.0 Å². The lowest BCUT2D eigenvalue weighted by Gasteiger charge is -2.37. The van der Waals surface area contributed by atoms with Gasteiger partial charge in [-0.3, -0.25) is 4.79 Å². The number of ether oxygens (including phenoxy) is 2. The molecule has 184 valence electrons. The van der Waals surface area contributed by atoms with Gasteiger partial charge in [0.15, 0.2) is 0 Å². The minimum Gasteiger partial charge on any atom is -0.479 e. The minimum absolute atomic E-state index is 0.0364. The third-order valence-corrected chi connectivity index (χ3v) is 7.85. The standard InChI is InChI=1S/C27H30N2O6/c1-16(34-2)23(24(30)29-13-7-8-17-14-27(17,29)25(31)32)28-26(33)35-15-22-20-11-5-3-9-18(20)19-10-4-6-12-21(19)22/h3-6,9-12,16-17,22-23H,7-8,13-15H2,1-2H3,(H,28,33)(H,31,32). The lowest BCUT2D eigenvalue weighted by atomic mass is 9.98. The van der Waals surface area contributed by atoms with Gasteiger partial charge in [0, 0.05) is 19.6 Å². The van der Waals surface area contributed by atoms with Crippen LogP contribution in [0, 0.1) is 5.92 Å². The molecule has 4 atom stereocenters. The lowest BCUT2D eigenvalue weighted by molar-refractivity contribution is -0.156. The van der Waals surface area contributed by atoms with Crippen LogP contribution in [-0.4, -0.2) is 65.9 Å². The summed E-state index contributed by atoms with van der Waals surface area (Å²) in [6.07, 6.45) is 0.591. The van der Waals surface area contributed by atoms with Crippen LogP contribution in [0.25, 0.3) is 11.1 Å². The number of piperidine rings is 1. The topological polar surface area (TPSA) is 105 Å². The number of hydrogen-bond donors (Lipinski definition) is 2. The van der Waals surface area contributed by atoms with Gasteiger partial charge in [0.1, 0.15) is 18.2 Å². The Kier molecular flexibility index (Phi) is 6.01. The number of methoxy groups -OCH3 is 1. The zero-order chi connectivity index (χ0) is 24.7. The number of aliphatic carboxylic acids is 1. The summed E-state index contributed by atoms with van der Waals surface area (Å²) in [4.78, 5) is 39.8. The highest BCUT2D eigenvalue weighted by molar-refractivity contribution is 5.94. The van der Waals surface area contributed by atoms with Crippen molar-refractivity contribution in [1.82, 2.24) is 10.2 Å². The van der Waals surface area contributed by atoms with Crippen molar-refractivity contribution in [2.75, 3.05) is 20.3 Å². The fourth-order valence-electron chi connectivity index (χ4n) is 5.82. The highest BCUT2D eigenvalue weighted by Gasteiger charge is 2.67. The molecule has 2 aromatic rings. The first-order chi connectivity index (χ1) is 16.9. The van der Waals surface area contributed by atoms with Crippen molar-refractivity contribution in [2.24, 2.45) is 5.92 Å². The zero-order valence-corrected chi connectivity index (χ0v) is 19.9. The number of amides is 2. The molecule has 0 spiro atoms. The molecule has 2 aliphatic carbocycles. The SMILES string of the molecule is COC(C)C(NC(=O)OCC1c2ccccc2-c2ccccc21)C(=O)N1CCCC2CC21C(=O)O. The highest BCUT2D eigenvalue weighted by Crippen LogP contribution is 2.54. The molecule has 1 aliphatic heterocycles. The molecule has 8 nitrogen and oxygen atoms in total. The average Bonchev–Trinajstić information content (AvgIpc) is 3.56. The normalized spacial score (nSPS) is 23.9. The maximum atomic E-state index is 13.5. The van der Waals surface area contributed by atoms with Gasteiger partial charge in [0.25, 0.3) is 0 Å². The number of fused-ring (bicyclic) bond motifs is 4. The van der Waals surface area contributed by atoms with Crippen LogP contribution in [-0.2, 0) is 19.1 Å². The fraction of sp³-hybridized carbons (Fsp3) is 0.444. The number of nitrogens with zero attached hydrogens (tertiary/aromatic N) is 1. The molecule has 2 N–H and O–H groups in total. The number of carboxylic acid groups (broad SMARTS) is 1. The minimum atomic E-state index is -1.16. The van der Waals surface area contributed by atoms with E-state index in [-0.39, 0.29) is 18.4 Å². The van der Waals surface area contributed by atoms with E-state index in [1.807, 2.05) is 36.4 Å². The molecule has 3 aliphatic rings. The number of carboxylic acids is 1. The van der Waals surface area contributed by atoms with E-state index in [2.05, 4.69) is 17.4 Å². The average molecular weight is 479 g/mol. The summed E-state index contributed by atoms with van der Waals surface area (Å²) in [6, 6.07) is 15.1. The Morgan fingerprint density at radius 3 is 2.34 bits per heavy atom. The first-order valence-electron chi connectivity index (χ1n) is 12.1. The third kappa shape index (κ3) is 3.86. The molecular formula is C27H30N2O6. The summed E-state index contributed by atoms with van der Waals surface area (Å²) in [5, 5.41) is 12.5. The number of hydrogen-bond acceptors (Lipinski definition) is 5. The molecule has 2 amide bonds. The number of rotatable bonds is 7. The number of likely N-dealkylation sites (tertiary alicyclic amines) is 1. The Labute approximate surface area is 204 Å². The quantitative estimate of drug-likeness (QED) is 0.632. The molecule has 2 aromatic carbocycles. The van der Waals surface area contributed by atoms with Gasteiger partial charge >= 0.3 is 12.1 Å². The first kappa shape index (κ1) is 23.4. The Balaban J connectivity index is 1.30. The molecule has 0 bridgehead atoms. The number of benzene rings is 2. The van der Waals surface area contributed by atoms with Crippen LogP contribution >= 0.6 is 0 Å². The maximum Gasteiger partial charge on any atom is 0.407 e. The monoisotopic (exact) mass is 478 g/mol. The maximum absolute atomic E-state index is 13.5. The Morgan fingerprint density at radius 2 is 1.74 bits per heavy atom. The van der Waals surface area contributed by atoms with Gasteiger partial charge in [-0.15, -0.1) is 0 Å². The van der Waals surface area contributed by atoms with Crippen molar-refractivity contribution in [2.45, 2.75) is 49.8 Å². The van der Waals surface area contributed by atoms with Crippen molar-refractivity contribution in [3.63, 3.8) is 0 Å². The van der Waals surface area contributed by atoms with Crippen LogP contribution in [0.1, 0.15) is 43.2 Å². The second kappa shape index (κ2) is 9.00. The van der Waals surface area contributed by atoms with E-state index in [1.54, 1.807) is 6.92 Å². The molecule has 0 radical (unpaired) electrons.